The molecule has 0 spiro atoms. The molecule has 1 saturated heterocycles. The molecule has 4 heteroatoms. The number of esters is 1. The second-order valence-electron chi connectivity index (χ2n) is 2.89. The number of ether oxygens (including phenoxy) is 2. The Hall–Kier alpha value is -0.610. The summed E-state index contributed by atoms with van der Waals surface area (Å²) in [5, 5.41) is 3.16. The fraction of sp³-hybridized carbons (Fsp3) is 0.875. The van der Waals surface area contributed by atoms with E-state index in [2.05, 4.69) is 10.1 Å². The molecule has 0 aliphatic carbocycles. The Kier molecular flexibility index (Phi) is 4.04. The van der Waals surface area contributed by atoms with E-state index < -0.39 is 0 Å². The van der Waals surface area contributed by atoms with Gasteiger partial charge < -0.3 is 14.8 Å². The number of piperidine rings is 1. The molecule has 0 bridgehead atoms. The summed E-state index contributed by atoms with van der Waals surface area (Å²) in [5.41, 5.74) is 0. The lowest BCUT2D eigenvalue weighted by Crippen LogP contribution is -2.37. The van der Waals surface area contributed by atoms with Crippen molar-refractivity contribution in [3.63, 3.8) is 0 Å². The van der Waals surface area contributed by atoms with Gasteiger partial charge in [0.1, 0.15) is 12.7 Å². The minimum Gasteiger partial charge on any atom is -0.459 e. The highest BCUT2D eigenvalue weighted by Crippen LogP contribution is 2.05. The fourth-order valence-corrected chi connectivity index (χ4v) is 1.26. The van der Waals surface area contributed by atoms with Gasteiger partial charge in [0.2, 0.25) is 0 Å². The molecule has 0 amide bonds. The third-order valence-electron chi connectivity index (χ3n) is 1.81. The molecule has 0 unspecified atom stereocenters. The first kappa shape index (κ1) is 9.48. The zero-order valence-electron chi connectivity index (χ0n) is 7.34. The minimum atomic E-state index is -0.272. The van der Waals surface area contributed by atoms with Crippen molar-refractivity contribution in [1.82, 2.24) is 5.32 Å². The van der Waals surface area contributed by atoms with Gasteiger partial charge in [-0.2, -0.15) is 0 Å². The molecule has 1 fully saturated rings. The van der Waals surface area contributed by atoms with Crippen LogP contribution >= 0.6 is 0 Å². The minimum absolute atomic E-state index is 0.0430. The first-order chi connectivity index (χ1) is 5.83. The summed E-state index contributed by atoms with van der Waals surface area (Å²) >= 11 is 0. The third kappa shape index (κ3) is 3.19. The number of nitrogens with one attached hydrogen (secondary N) is 1. The van der Waals surface area contributed by atoms with Crippen LogP contribution in [0.3, 0.4) is 0 Å². The maximum absolute atomic E-state index is 10.9. The number of methoxy groups -OCH3 is 1. The summed E-state index contributed by atoms with van der Waals surface area (Å²) in [6.07, 6.45) is 2.08. The Morgan fingerprint density at radius 1 is 1.67 bits per heavy atom. The van der Waals surface area contributed by atoms with E-state index in [1.165, 1.54) is 7.11 Å². The lowest BCUT2D eigenvalue weighted by atomic mass is 10.1. The Labute approximate surface area is 72.2 Å². The standard InChI is InChI=1S/C8H15NO3/c1-11-6-8(10)12-7-3-2-4-9-5-7/h7,9H,2-6H2,1H3/t7-/m1/s1. The van der Waals surface area contributed by atoms with Crippen molar-refractivity contribution in [1.29, 1.82) is 0 Å². The number of carbonyl (C=O) groups is 1. The van der Waals surface area contributed by atoms with Crippen LogP contribution in [0.2, 0.25) is 0 Å². The van der Waals surface area contributed by atoms with Gasteiger partial charge in [-0.15, -0.1) is 0 Å². The molecule has 0 aromatic rings. The zero-order chi connectivity index (χ0) is 8.81. The molecule has 4 nitrogen and oxygen atoms in total. The molecule has 1 aliphatic heterocycles. The molecule has 1 N–H and O–H groups in total. The van der Waals surface area contributed by atoms with Crippen molar-refractivity contribution in [2.75, 3.05) is 26.8 Å². The van der Waals surface area contributed by atoms with Crippen LogP contribution in [-0.4, -0.2) is 38.9 Å². The van der Waals surface area contributed by atoms with Gasteiger partial charge in [0.05, 0.1) is 0 Å². The van der Waals surface area contributed by atoms with E-state index in [0.29, 0.717) is 0 Å². The van der Waals surface area contributed by atoms with Gasteiger partial charge >= 0.3 is 5.97 Å². The first-order valence-corrected chi connectivity index (χ1v) is 4.22. The molecule has 12 heavy (non-hydrogen) atoms. The summed E-state index contributed by atoms with van der Waals surface area (Å²) in [5.74, 6) is -0.272. The highest BCUT2D eigenvalue weighted by molar-refractivity contribution is 5.70. The van der Waals surface area contributed by atoms with Crippen LogP contribution in [0, 0.1) is 0 Å². The Balaban J connectivity index is 2.15. The largest absolute Gasteiger partial charge is 0.459 e. The second-order valence-corrected chi connectivity index (χ2v) is 2.89. The SMILES string of the molecule is COCC(=O)O[C@@H]1CCCNC1. The van der Waals surface area contributed by atoms with Gasteiger partial charge in [0, 0.05) is 13.7 Å². The van der Waals surface area contributed by atoms with Crippen LogP contribution < -0.4 is 5.32 Å². The summed E-state index contributed by atoms with van der Waals surface area (Å²) in [6, 6.07) is 0. The van der Waals surface area contributed by atoms with Crippen LogP contribution in [0.25, 0.3) is 0 Å². The van der Waals surface area contributed by atoms with E-state index in [1.807, 2.05) is 0 Å². The van der Waals surface area contributed by atoms with Crippen molar-refractivity contribution >= 4 is 5.97 Å². The van der Waals surface area contributed by atoms with E-state index in [-0.39, 0.29) is 18.7 Å². The van der Waals surface area contributed by atoms with Crippen LogP contribution in [0.4, 0.5) is 0 Å². The van der Waals surface area contributed by atoms with Crippen LogP contribution in [0.15, 0.2) is 0 Å². The smallest absolute Gasteiger partial charge is 0.332 e. The average molecular weight is 173 g/mol. The van der Waals surface area contributed by atoms with Gasteiger partial charge in [-0.05, 0) is 19.4 Å². The predicted octanol–water partition coefficient (Wildman–Crippen LogP) is -0.0720. The summed E-state index contributed by atoms with van der Waals surface area (Å²) in [6.45, 7) is 1.85. The maximum Gasteiger partial charge on any atom is 0.332 e. The van der Waals surface area contributed by atoms with Crippen molar-refractivity contribution in [2.24, 2.45) is 0 Å². The van der Waals surface area contributed by atoms with Crippen LogP contribution in [-0.2, 0) is 14.3 Å². The molecule has 0 aromatic heterocycles. The van der Waals surface area contributed by atoms with Crippen molar-refractivity contribution in [3.05, 3.63) is 0 Å². The van der Waals surface area contributed by atoms with Gasteiger partial charge in [-0.25, -0.2) is 4.79 Å². The second kappa shape index (κ2) is 5.11. The van der Waals surface area contributed by atoms with E-state index in [9.17, 15) is 4.79 Å². The van der Waals surface area contributed by atoms with Gasteiger partial charge in [0.15, 0.2) is 0 Å². The zero-order valence-corrected chi connectivity index (χ0v) is 7.34. The highest BCUT2D eigenvalue weighted by Gasteiger charge is 2.16. The van der Waals surface area contributed by atoms with Gasteiger partial charge in [0.25, 0.3) is 0 Å². The van der Waals surface area contributed by atoms with Crippen molar-refractivity contribution in [2.45, 2.75) is 18.9 Å². The molecule has 1 heterocycles. The van der Waals surface area contributed by atoms with Crippen molar-refractivity contribution in [3.8, 4) is 0 Å². The first-order valence-electron chi connectivity index (χ1n) is 4.22. The molecule has 1 aliphatic rings. The monoisotopic (exact) mass is 173 g/mol. The molecule has 1 rings (SSSR count). The lowest BCUT2D eigenvalue weighted by molar-refractivity contribution is -0.154. The normalized spacial score (nSPS) is 23.6. The average Bonchev–Trinajstić information content (AvgIpc) is 2.06. The Morgan fingerprint density at radius 3 is 3.08 bits per heavy atom. The van der Waals surface area contributed by atoms with Crippen LogP contribution in [0.5, 0.6) is 0 Å². The van der Waals surface area contributed by atoms with E-state index >= 15 is 0 Å². The Morgan fingerprint density at radius 2 is 2.50 bits per heavy atom. The number of carbonyl (C=O) groups excluding carboxylic acids is 1. The molecular weight excluding hydrogens is 158 g/mol. The fourth-order valence-electron chi connectivity index (χ4n) is 1.26. The van der Waals surface area contributed by atoms with Crippen molar-refractivity contribution < 1.29 is 14.3 Å². The topological polar surface area (TPSA) is 47.6 Å². The molecule has 1 atom stereocenters. The van der Waals surface area contributed by atoms with E-state index in [4.69, 9.17) is 4.74 Å². The number of rotatable bonds is 3. The summed E-state index contributed by atoms with van der Waals surface area (Å²) in [4.78, 5) is 10.9. The Bertz CT molecular complexity index is 143. The highest BCUT2D eigenvalue weighted by atomic mass is 16.6. The molecular formula is C8H15NO3. The molecule has 0 saturated carbocycles. The molecule has 70 valence electrons. The quantitative estimate of drug-likeness (QED) is 0.607. The molecule has 0 aromatic carbocycles. The van der Waals surface area contributed by atoms with Gasteiger partial charge in [-0.1, -0.05) is 0 Å². The van der Waals surface area contributed by atoms with Crippen LogP contribution in [0.1, 0.15) is 12.8 Å². The predicted molar refractivity (Wildman–Crippen MR) is 43.9 cm³/mol. The third-order valence-corrected chi connectivity index (χ3v) is 1.81. The molecule has 0 radical (unpaired) electrons. The number of hydrogen-bond donors (Lipinski definition) is 1. The van der Waals surface area contributed by atoms with Gasteiger partial charge in [-0.3, -0.25) is 0 Å². The van der Waals surface area contributed by atoms with E-state index in [1.54, 1.807) is 0 Å². The maximum atomic E-state index is 10.9. The summed E-state index contributed by atoms with van der Waals surface area (Å²) in [7, 11) is 1.49. The summed E-state index contributed by atoms with van der Waals surface area (Å²) < 4.78 is 9.76. The number of hydrogen-bond acceptors (Lipinski definition) is 4. The lowest BCUT2D eigenvalue weighted by Gasteiger charge is -2.22. The van der Waals surface area contributed by atoms with E-state index in [0.717, 1.165) is 25.9 Å².